The maximum Gasteiger partial charge on any atom is 0.257 e. The molecule has 0 unspecified atom stereocenters. The lowest BCUT2D eigenvalue weighted by Gasteiger charge is -2.13. The van der Waals surface area contributed by atoms with Gasteiger partial charge in [-0.25, -0.2) is 9.37 Å². The molecule has 1 amide bonds. The SMILES string of the molecule is O=C(Nc1ccncc1Nc1ccc(Cl)cc1F)c1ccc(F)nc1. The first-order chi connectivity index (χ1) is 12.0. The highest BCUT2D eigenvalue weighted by molar-refractivity contribution is 6.30. The molecule has 2 aromatic heterocycles. The number of benzene rings is 1. The average molecular weight is 361 g/mol. The fraction of sp³-hybridized carbons (Fsp3) is 0. The zero-order valence-corrected chi connectivity index (χ0v) is 13.4. The van der Waals surface area contributed by atoms with Crippen molar-refractivity contribution in [2.75, 3.05) is 10.6 Å². The Labute approximate surface area is 146 Å². The summed E-state index contributed by atoms with van der Waals surface area (Å²) in [5, 5.41) is 5.76. The number of pyridine rings is 2. The maximum atomic E-state index is 13.9. The van der Waals surface area contributed by atoms with Crippen molar-refractivity contribution < 1.29 is 13.6 Å². The smallest absolute Gasteiger partial charge is 0.257 e. The van der Waals surface area contributed by atoms with Crippen LogP contribution in [0.3, 0.4) is 0 Å². The molecule has 5 nitrogen and oxygen atoms in total. The Balaban J connectivity index is 1.83. The summed E-state index contributed by atoms with van der Waals surface area (Å²) in [7, 11) is 0. The molecular formula is C17H11ClF2N4O. The Bertz CT molecular complexity index is 919. The molecule has 3 rings (SSSR count). The van der Waals surface area contributed by atoms with E-state index in [1.54, 1.807) is 6.07 Å². The number of hydrogen-bond donors (Lipinski definition) is 2. The normalized spacial score (nSPS) is 10.4. The summed E-state index contributed by atoms with van der Waals surface area (Å²) in [6.45, 7) is 0. The second-order valence-electron chi connectivity index (χ2n) is 4.99. The van der Waals surface area contributed by atoms with Crippen molar-refractivity contribution in [2.45, 2.75) is 0 Å². The number of carbonyl (C=O) groups is 1. The Morgan fingerprint density at radius 1 is 1.00 bits per heavy atom. The summed E-state index contributed by atoms with van der Waals surface area (Å²) in [4.78, 5) is 19.6. The molecule has 0 spiro atoms. The summed E-state index contributed by atoms with van der Waals surface area (Å²) in [6, 6.07) is 8.12. The summed E-state index contributed by atoms with van der Waals surface area (Å²) in [5.41, 5.74) is 1.11. The minimum absolute atomic E-state index is 0.177. The topological polar surface area (TPSA) is 66.9 Å². The Morgan fingerprint density at radius 3 is 2.56 bits per heavy atom. The van der Waals surface area contributed by atoms with E-state index in [0.717, 1.165) is 12.3 Å². The molecule has 2 heterocycles. The van der Waals surface area contributed by atoms with Gasteiger partial charge in [-0.3, -0.25) is 9.78 Å². The first kappa shape index (κ1) is 16.8. The number of nitrogens with one attached hydrogen (secondary N) is 2. The first-order valence-corrected chi connectivity index (χ1v) is 7.50. The van der Waals surface area contributed by atoms with Gasteiger partial charge in [0.2, 0.25) is 5.95 Å². The second-order valence-corrected chi connectivity index (χ2v) is 5.43. The van der Waals surface area contributed by atoms with Gasteiger partial charge in [0, 0.05) is 17.4 Å². The highest BCUT2D eigenvalue weighted by Gasteiger charge is 2.11. The molecule has 8 heteroatoms. The number of carbonyl (C=O) groups excluding carboxylic acids is 1. The Hall–Kier alpha value is -3.06. The van der Waals surface area contributed by atoms with Crippen LogP contribution in [0.1, 0.15) is 10.4 Å². The molecule has 0 saturated carbocycles. The van der Waals surface area contributed by atoms with Crippen LogP contribution in [0.15, 0.2) is 55.0 Å². The van der Waals surface area contributed by atoms with Crippen LogP contribution in [-0.4, -0.2) is 15.9 Å². The molecule has 3 aromatic rings. The van der Waals surface area contributed by atoms with Gasteiger partial charge in [0.1, 0.15) is 5.82 Å². The van der Waals surface area contributed by atoms with Crippen molar-refractivity contribution in [1.29, 1.82) is 0 Å². The Kier molecular flexibility index (Phi) is 4.85. The van der Waals surface area contributed by atoms with E-state index in [9.17, 15) is 13.6 Å². The van der Waals surface area contributed by atoms with Crippen molar-refractivity contribution in [3.05, 3.63) is 77.3 Å². The van der Waals surface area contributed by atoms with Gasteiger partial charge in [-0.2, -0.15) is 4.39 Å². The quantitative estimate of drug-likeness (QED) is 0.676. The minimum atomic E-state index is -0.680. The van der Waals surface area contributed by atoms with Gasteiger partial charge in [0.25, 0.3) is 5.91 Å². The van der Waals surface area contributed by atoms with Crippen LogP contribution in [0.5, 0.6) is 0 Å². The van der Waals surface area contributed by atoms with Crippen molar-refractivity contribution in [3.63, 3.8) is 0 Å². The molecule has 2 N–H and O–H groups in total. The summed E-state index contributed by atoms with van der Waals surface area (Å²) in [5.74, 6) is -1.71. The summed E-state index contributed by atoms with van der Waals surface area (Å²) in [6.07, 6.45) is 4.03. The van der Waals surface area contributed by atoms with Crippen LogP contribution >= 0.6 is 11.6 Å². The molecule has 0 fully saturated rings. The third-order valence-corrected chi connectivity index (χ3v) is 3.49. The third-order valence-electron chi connectivity index (χ3n) is 3.26. The van der Waals surface area contributed by atoms with E-state index in [-0.39, 0.29) is 16.3 Å². The van der Waals surface area contributed by atoms with E-state index in [4.69, 9.17) is 11.6 Å². The van der Waals surface area contributed by atoms with Gasteiger partial charge in [0.15, 0.2) is 0 Å². The van der Waals surface area contributed by atoms with Crippen LogP contribution < -0.4 is 10.6 Å². The van der Waals surface area contributed by atoms with Crippen LogP contribution in [0.2, 0.25) is 5.02 Å². The van der Waals surface area contributed by atoms with Crippen molar-refractivity contribution in [2.24, 2.45) is 0 Å². The summed E-state index contributed by atoms with van der Waals surface area (Å²) >= 11 is 5.73. The van der Waals surface area contributed by atoms with Crippen molar-refractivity contribution in [1.82, 2.24) is 9.97 Å². The molecule has 0 aliphatic rings. The molecule has 25 heavy (non-hydrogen) atoms. The third kappa shape index (κ3) is 4.07. The highest BCUT2D eigenvalue weighted by Crippen LogP contribution is 2.27. The number of halogens is 3. The fourth-order valence-electron chi connectivity index (χ4n) is 2.04. The molecule has 0 aliphatic heterocycles. The van der Waals surface area contributed by atoms with Gasteiger partial charge in [-0.1, -0.05) is 11.6 Å². The number of rotatable bonds is 4. The number of amides is 1. The molecule has 0 atom stereocenters. The minimum Gasteiger partial charge on any atom is -0.350 e. The lowest BCUT2D eigenvalue weighted by molar-refractivity contribution is 0.102. The zero-order valence-electron chi connectivity index (χ0n) is 12.6. The van der Waals surface area contributed by atoms with Gasteiger partial charge < -0.3 is 10.6 Å². The number of hydrogen-bond acceptors (Lipinski definition) is 4. The van der Waals surface area contributed by atoms with Crippen molar-refractivity contribution >= 4 is 34.6 Å². The molecule has 0 saturated heterocycles. The van der Waals surface area contributed by atoms with Gasteiger partial charge >= 0.3 is 0 Å². The van der Waals surface area contributed by atoms with Gasteiger partial charge in [-0.15, -0.1) is 0 Å². The largest absolute Gasteiger partial charge is 0.350 e. The van der Waals surface area contributed by atoms with E-state index >= 15 is 0 Å². The van der Waals surface area contributed by atoms with Crippen LogP contribution in [0, 0.1) is 11.8 Å². The number of nitrogens with zero attached hydrogens (tertiary/aromatic N) is 2. The van der Waals surface area contributed by atoms with E-state index in [2.05, 4.69) is 20.6 Å². The molecule has 1 aromatic carbocycles. The Morgan fingerprint density at radius 2 is 1.84 bits per heavy atom. The van der Waals surface area contributed by atoms with Crippen LogP contribution in [0.25, 0.3) is 0 Å². The number of anilines is 3. The van der Waals surface area contributed by atoms with Crippen LogP contribution in [0.4, 0.5) is 25.8 Å². The molecule has 0 aliphatic carbocycles. The monoisotopic (exact) mass is 360 g/mol. The van der Waals surface area contributed by atoms with E-state index < -0.39 is 17.7 Å². The van der Waals surface area contributed by atoms with Crippen LogP contribution in [-0.2, 0) is 0 Å². The lowest BCUT2D eigenvalue weighted by atomic mass is 10.2. The van der Waals surface area contributed by atoms with E-state index in [1.807, 2.05) is 0 Å². The number of aromatic nitrogens is 2. The first-order valence-electron chi connectivity index (χ1n) is 7.12. The average Bonchev–Trinajstić information content (AvgIpc) is 2.59. The standard InChI is InChI=1S/C17H11ClF2N4O/c18-11-2-3-13(12(19)7-11)23-15-9-21-6-5-14(15)24-17(25)10-1-4-16(20)22-8-10/h1-9,23H,(H,21,24,25). The second kappa shape index (κ2) is 7.23. The van der Waals surface area contributed by atoms with E-state index in [0.29, 0.717) is 11.4 Å². The molecule has 126 valence electrons. The molecule has 0 bridgehead atoms. The molecular weight excluding hydrogens is 350 g/mol. The van der Waals surface area contributed by atoms with Gasteiger partial charge in [0.05, 0.1) is 28.8 Å². The summed E-state index contributed by atoms with van der Waals surface area (Å²) < 4.78 is 26.8. The predicted molar refractivity (Wildman–Crippen MR) is 91.1 cm³/mol. The van der Waals surface area contributed by atoms with Crippen molar-refractivity contribution in [3.8, 4) is 0 Å². The predicted octanol–water partition coefficient (Wildman–Crippen LogP) is 4.40. The van der Waals surface area contributed by atoms with E-state index in [1.165, 1.54) is 36.7 Å². The maximum absolute atomic E-state index is 13.9. The lowest BCUT2D eigenvalue weighted by Crippen LogP contribution is -2.13. The highest BCUT2D eigenvalue weighted by atomic mass is 35.5. The van der Waals surface area contributed by atoms with Gasteiger partial charge in [-0.05, 0) is 36.4 Å². The molecule has 0 radical (unpaired) electrons. The zero-order chi connectivity index (χ0) is 17.8. The fourth-order valence-corrected chi connectivity index (χ4v) is 2.20.